The molecule has 2 heterocycles. The molecule has 1 aromatic heterocycles. The van der Waals surface area contributed by atoms with Crippen molar-refractivity contribution in [2.75, 3.05) is 25.8 Å². The Kier molecular flexibility index (Phi) is 2.64. The number of nitrogens with zero attached hydrogens (tertiary/aromatic N) is 2. The molecule has 1 aliphatic rings. The van der Waals surface area contributed by atoms with E-state index in [0.717, 1.165) is 34.4 Å². The maximum Gasteiger partial charge on any atom is 0.129 e. The molecule has 0 unspecified atom stereocenters. The summed E-state index contributed by atoms with van der Waals surface area (Å²) in [4.78, 5) is 9.80. The summed E-state index contributed by atoms with van der Waals surface area (Å²) < 4.78 is 5.36. The van der Waals surface area contributed by atoms with Gasteiger partial charge in [0.1, 0.15) is 5.75 Å². The molecular weight excluding hydrogens is 228 g/mol. The van der Waals surface area contributed by atoms with E-state index >= 15 is 0 Å². The summed E-state index contributed by atoms with van der Waals surface area (Å²) in [6.07, 6.45) is 5.91. The molecule has 92 valence electrons. The average Bonchev–Trinajstić information content (AvgIpc) is 2.45. The number of hydrogen-bond donors (Lipinski definition) is 0. The van der Waals surface area contributed by atoms with E-state index in [1.807, 2.05) is 23.3 Å². The normalized spacial score (nSPS) is 13.8. The summed E-state index contributed by atoms with van der Waals surface area (Å²) in [7, 11) is 3.34. The number of methoxy groups -OCH3 is 1. The predicted octanol–water partition coefficient (Wildman–Crippen LogP) is 2.64. The third kappa shape index (κ3) is 1.54. The van der Waals surface area contributed by atoms with Crippen LogP contribution in [0.1, 0.15) is 5.56 Å². The van der Waals surface area contributed by atoms with Crippen molar-refractivity contribution < 1.29 is 9.57 Å². The summed E-state index contributed by atoms with van der Waals surface area (Å²) in [6, 6.07) is 5.93. The molecule has 0 saturated carbocycles. The number of hydroxylamine groups is 1. The van der Waals surface area contributed by atoms with Gasteiger partial charge >= 0.3 is 0 Å². The van der Waals surface area contributed by atoms with Gasteiger partial charge in [-0.1, -0.05) is 12.2 Å². The number of rotatable bonds is 2. The smallest absolute Gasteiger partial charge is 0.129 e. The van der Waals surface area contributed by atoms with E-state index in [1.165, 1.54) is 0 Å². The van der Waals surface area contributed by atoms with Crippen molar-refractivity contribution in [3.63, 3.8) is 0 Å². The average molecular weight is 242 g/mol. The zero-order valence-corrected chi connectivity index (χ0v) is 10.4. The minimum Gasteiger partial charge on any atom is -0.496 e. The minimum atomic E-state index is 0.749. The van der Waals surface area contributed by atoms with E-state index in [4.69, 9.17) is 9.57 Å². The van der Waals surface area contributed by atoms with Crippen LogP contribution in [0, 0.1) is 0 Å². The molecule has 0 radical (unpaired) electrons. The lowest BCUT2D eigenvalue weighted by Crippen LogP contribution is -2.24. The van der Waals surface area contributed by atoms with Crippen LogP contribution in [-0.4, -0.2) is 25.7 Å². The quantitative estimate of drug-likeness (QED) is 0.810. The van der Waals surface area contributed by atoms with Gasteiger partial charge in [-0.3, -0.25) is 9.82 Å². The van der Waals surface area contributed by atoms with Crippen molar-refractivity contribution in [1.29, 1.82) is 0 Å². The van der Waals surface area contributed by atoms with Crippen LogP contribution in [0.15, 0.2) is 30.5 Å². The highest BCUT2D eigenvalue weighted by Gasteiger charge is 2.17. The van der Waals surface area contributed by atoms with Gasteiger partial charge < -0.3 is 4.74 Å². The number of aromatic nitrogens is 1. The molecule has 0 saturated heterocycles. The molecule has 2 aromatic rings. The highest BCUT2D eigenvalue weighted by atomic mass is 16.7. The molecule has 1 aromatic carbocycles. The number of hydrogen-bond acceptors (Lipinski definition) is 4. The van der Waals surface area contributed by atoms with Crippen molar-refractivity contribution >= 4 is 22.7 Å². The van der Waals surface area contributed by atoms with Gasteiger partial charge in [0.15, 0.2) is 0 Å². The monoisotopic (exact) mass is 242 g/mol. The molecule has 18 heavy (non-hydrogen) atoms. The number of anilines is 1. The number of pyridine rings is 1. The van der Waals surface area contributed by atoms with E-state index in [0.29, 0.717) is 0 Å². The summed E-state index contributed by atoms with van der Waals surface area (Å²) in [5, 5.41) is 2.86. The Balaban J connectivity index is 2.30. The summed E-state index contributed by atoms with van der Waals surface area (Å²) in [5.74, 6) is 0.839. The lowest BCUT2D eigenvalue weighted by molar-refractivity contribution is 0.174. The van der Waals surface area contributed by atoms with Gasteiger partial charge in [0.05, 0.1) is 32.0 Å². The first-order valence-corrected chi connectivity index (χ1v) is 5.79. The molecule has 4 heteroatoms. The standard InChI is InChI=1S/C14H14N2O2/c1-17-13-7-8-15-14-10-4-3-9-16(18-2)12(10)6-5-11(13)14/h3-8H,9H2,1-2H3. The number of benzene rings is 1. The summed E-state index contributed by atoms with van der Waals surface area (Å²) >= 11 is 0. The summed E-state index contributed by atoms with van der Waals surface area (Å²) in [6.45, 7) is 0.749. The zero-order chi connectivity index (χ0) is 12.5. The largest absolute Gasteiger partial charge is 0.496 e. The molecule has 0 atom stereocenters. The molecule has 0 aliphatic carbocycles. The highest BCUT2D eigenvalue weighted by molar-refractivity contribution is 5.97. The Morgan fingerprint density at radius 2 is 2.11 bits per heavy atom. The van der Waals surface area contributed by atoms with Gasteiger partial charge in [-0.25, -0.2) is 5.06 Å². The van der Waals surface area contributed by atoms with E-state index in [9.17, 15) is 0 Å². The van der Waals surface area contributed by atoms with Crippen molar-refractivity contribution in [2.24, 2.45) is 0 Å². The van der Waals surface area contributed by atoms with Gasteiger partial charge in [-0.2, -0.15) is 0 Å². The lowest BCUT2D eigenvalue weighted by Gasteiger charge is -2.26. The molecular formula is C14H14N2O2. The number of ether oxygens (including phenoxy) is 1. The topological polar surface area (TPSA) is 34.6 Å². The molecule has 3 rings (SSSR count). The lowest BCUT2D eigenvalue weighted by atomic mass is 10.0. The third-order valence-electron chi connectivity index (χ3n) is 3.15. The maximum absolute atomic E-state index is 5.36. The minimum absolute atomic E-state index is 0.749. The second kappa shape index (κ2) is 4.31. The molecule has 4 nitrogen and oxygen atoms in total. The third-order valence-corrected chi connectivity index (χ3v) is 3.15. The number of fused-ring (bicyclic) bond motifs is 3. The van der Waals surface area contributed by atoms with Crippen LogP contribution in [0.4, 0.5) is 5.69 Å². The Morgan fingerprint density at radius 3 is 2.89 bits per heavy atom. The second-order valence-electron chi connectivity index (χ2n) is 4.05. The van der Waals surface area contributed by atoms with Gasteiger partial charge in [0.2, 0.25) is 0 Å². The van der Waals surface area contributed by atoms with Crippen molar-refractivity contribution in [3.05, 3.63) is 36.0 Å². The van der Waals surface area contributed by atoms with Crippen molar-refractivity contribution in [3.8, 4) is 5.75 Å². The molecule has 0 amide bonds. The Morgan fingerprint density at radius 1 is 1.22 bits per heavy atom. The van der Waals surface area contributed by atoms with Crippen LogP contribution in [-0.2, 0) is 4.84 Å². The van der Waals surface area contributed by atoms with Crippen LogP contribution in [0.3, 0.4) is 0 Å². The van der Waals surface area contributed by atoms with Gasteiger partial charge in [0.25, 0.3) is 0 Å². The van der Waals surface area contributed by atoms with Gasteiger partial charge in [-0.15, -0.1) is 0 Å². The molecule has 0 N–H and O–H groups in total. The Bertz CT molecular complexity index is 622. The highest BCUT2D eigenvalue weighted by Crippen LogP contribution is 2.34. The van der Waals surface area contributed by atoms with Crippen LogP contribution >= 0.6 is 0 Å². The van der Waals surface area contributed by atoms with E-state index in [1.54, 1.807) is 20.4 Å². The first kappa shape index (κ1) is 11.0. The van der Waals surface area contributed by atoms with Crippen LogP contribution < -0.4 is 9.80 Å². The van der Waals surface area contributed by atoms with Crippen LogP contribution in [0.2, 0.25) is 0 Å². The first-order valence-electron chi connectivity index (χ1n) is 5.79. The molecule has 0 bridgehead atoms. The van der Waals surface area contributed by atoms with E-state index in [-0.39, 0.29) is 0 Å². The first-order chi connectivity index (χ1) is 8.85. The Labute approximate surface area is 105 Å². The molecule has 0 fully saturated rings. The van der Waals surface area contributed by atoms with Gasteiger partial charge in [-0.05, 0) is 18.2 Å². The van der Waals surface area contributed by atoms with Gasteiger partial charge in [0, 0.05) is 17.1 Å². The Hall–Kier alpha value is -2.07. The zero-order valence-electron chi connectivity index (χ0n) is 10.4. The van der Waals surface area contributed by atoms with E-state index < -0.39 is 0 Å². The van der Waals surface area contributed by atoms with E-state index in [2.05, 4.69) is 17.1 Å². The predicted molar refractivity (Wildman–Crippen MR) is 71.7 cm³/mol. The molecule has 1 aliphatic heterocycles. The SMILES string of the molecule is COc1ccnc2c3c(ccc12)N(OC)CC=C3. The fourth-order valence-corrected chi connectivity index (χ4v) is 2.30. The van der Waals surface area contributed by atoms with Crippen molar-refractivity contribution in [2.45, 2.75) is 0 Å². The van der Waals surface area contributed by atoms with Crippen molar-refractivity contribution in [1.82, 2.24) is 4.98 Å². The van der Waals surface area contributed by atoms with Crippen LogP contribution in [0.25, 0.3) is 17.0 Å². The molecule has 0 spiro atoms. The maximum atomic E-state index is 5.36. The summed E-state index contributed by atoms with van der Waals surface area (Å²) in [5.41, 5.74) is 3.04. The van der Waals surface area contributed by atoms with Crippen LogP contribution in [0.5, 0.6) is 5.75 Å². The fraction of sp³-hybridized carbons (Fsp3) is 0.214. The second-order valence-corrected chi connectivity index (χ2v) is 4.05. The fourth-order valence-electron chi connectivity index (χ4n) is 2.30.